The third kappa shape index (κ3) is 4.75. The average molecular weight is 400 g/mol. The molecule has 1 saturated heterocycles. The molecule has 148 valence electrons. The van der Waals surface area contributed by atoms with E-state index in [2.05, 4.69) is 5.32 Å². The number of amides is 1. The standard InChI is InChI=1S/C22H25NO4S/c1-16-5-2-3-8-19(16)22(9-11-27-12-10-22)21(26)23-18-7-4-6-17(13-18)14-28-15-20(24)25/h2-8,13H,9-12,14-15H2,1H3,(H,23,26)(H,24,25). The van der Waals surface area contributed by atoms with Gasteiger partial charge in [-0.05, 0) is 48.6 Å². The monoisotopic (exact) mass is 399 g/mol. The van der Waals surface area contributed by atoms with E-state index in [1.165, 1.54) is 11.8 Å². The van der Waals surface area contributed by atoms with Gasteiger partial charge in [-0.3, -0.25) is 9.59 Å². The van der Waals surface area contributed by atoms with Crippen LogP contribution in [-0.4, -0.2) is 35.9 Å². The van der Waals surface area contributed by atoms with E-state index in [9.17, 15) is 9.59 Å². The number of anilines is 1. The van der Waals surface area contributed by atoms with Gasteiger partial charge in [0.1, 0.15) is 0 Å². The zero-order valence-electron chi connectivity index (χ0n) is 15.9. The van der Waals surface area contributed by atoms with Crippen molar-refractivity contribution in [2.75, 3.05) is 24.3 Å². The number of thioether (sulfide) groups is 1. The summed E-state index contributed by atoms with van der Waals surface area (Å²) in [6.07, 6.45) is 1.30. The SMILES string of the molecule is Cc1ccccc1C1(C(=O)Nc2cccc(CSCC(=O)O)c2)CCOCC1. The second-order valence-electron chi connectivity index (χ2n) is 7.05. The zero-order chi connectivity index (χ0) is 20.0. The Hall–Kier alpha value is -2.31. The topological polar surface area (TPSA) is 75.6 Å². The van der Waals surface area contributed by atoms with Crippen LogP contribution >= 0.6 is 11.8 Å². The van der Waals surface area contributed by atoms with Crippen LogP contribution in [0.25, 0.3) is 0 Å². The smallest absolute Gasteiger partial charge is 0.313 e. The molecule has 0 bridgehead atoms. The lowest BCUT2D eigenvalue weighted by molar-refractivity contribution is -0.134. The van der Waals surface area contributed by atoms with Gasteiger partial charge in [-0.15, -0.1) is 11.8 Å². The summed E-state index contributed by atoms with van der Waals surface area (Å²) in [5.74, 6) is -0.186. The van der Waals surface area contributed by atoms with Crippen LogP contribution < -0.4 is 5.32 Å². The van der Waals surface area contributed by atoms with Crippen LogP contribution in [0.4, 0.5) is 5.69 Å². The summed E-state index contributed by atoms with van der Waals surface area (Å²) in [4.78, 5) is 24.1. The van der Waals surface area contributed by atoms with Gasteiger partial charge in [-0.2, -0.15) is 0 Å². The number of rotatable bonds is 7. The summed E-state index contributed by atoms with van der Waals surface area (Å²) in [6.45, 7) is 3.17. The first kappa shape index (κ1) is 20.4. The lowest BCUT2D eigenvalue weighted by Gasteiger charge is -2.37. The molecule has 1 aliphatic heterocycles. The Kier molecular flexibility index (Phi) is 6.75. The Balaban J connectivity index is 1.79. The Bertz CT molecular complexity index is 846. The number of carboxylic acids is 1. The number of carbonyl (C=O) groups is 2. The first-order chi connectivity index (χ1) is 13.5. The number of carboxylic acid groups (broad SMARTS) is 1. The number of carbonyl (C=O) groups excluding carboxylic acids is 1. The van der Waals surface area contributed by atoms with Crippen LogP contribution in [-0.2, 0) is 25.5 Å². The van der Waals surface area contributed by atoms with E-state index in [0.29, 0.717) is 31.8 Å². The first-order valence-corrected chi connectivity index (χ1v) is 10.5. The predicted molar refractivity (Wildman–Crippen MR) is 112 cm³/mol. The number of aryl methyl sites for hydroxylation is 1. The van der Waals surface area contributed by atoms with Gasteiger partial charge in [0.2, 0.25) is 5.91 Å². The van der Waals surface area contributed by atoms with Crippen molar-refractivity contribution in [2.24, 2.45) is 0 Å². The van der Waals surface area contributed by atoms with Crippen molar-refractivity contribution in [1.82, 2.24) is 0 Å². The van der Waals surface area contributed by atoms with E-state index in [1.54, 1.807) is 0 Å². The van der Waals surface area contributed by atoms with Crippen molar-refractivity contribution < 1.29 is 19.4 Å². The van der Waals surface area contributed by atoms with Crippen molar-refractivity contribution in [3.05, 3.63) is 65.2 Å². The van der Waals surface area contributed by atoms with E-state index >= 15 is 0 Å². The normalized spacial score (nSPS) is 15.8. The molecular formula is C22H25NO4S. The van der Waals surface area contributed by atoms with Gasteiger partial charge in [0.15, 0.2) is 0 Å². The Morgan fingerprint density at radius 3 is 2.61 bits per heavy atom. The van der Waals surface area contributed by atoms with E-state index in [4.69, 9.17) is 9.84 Å². The highest BCUT2D eigenvalue weighted by molar-refractivity contribution is 7.99. The molecule has 3 rings (SSSR count). The minimum atomic E-state index is -0.825. The van der Waals surface area contributed by atoms with Crippen molar-refractivity contribution in [3.8, 4) is 0 Å². The average Bonchev–Trinajstić information content (AvgIpc) is 2.69. The van der Waals surface area contributed by atoms with Gasteiger partial charge in [0.05, 0.1) is 11.2 Å². The summed E-state index contributed by atoms with van der Waals surface area (Å²) < 4.78 is 5.54. The van der Waals surface area contributed by atoms with Gasteiger partial charge in [0, 0.05) is 24.7 Å². The highest BCUT2D eigenvalue weighted by Gasteiger charge is 2.42. The molecule has 2 aromatic carbocycles. The lowest BCUT2D eigenvalue weighted by atomic mass is 9.71. The van der Waals surface area contributed by atoms with Crippen LogP contribution in [0.15, 0.2) is 48.5 Å². The molecule has 0 unspecified atom stereocenters. The number of nitrogens with one attached hydrogen (secondary N) is 1. The summed E-state index contributed by atoms with van der Waals surface area (Å²) in [6, 6.07) is 15.7. The summed E-state index contributed by atoms with van der Waals surface area (Å²) in [5, 5.41) is 11.9. The molecule has 0 aliphatic carbocycles. The quantitative estimate of drug-likeness (QED) is 0.736. The van der Waals surface area contributed by atoms with Gasteiger partial charge < -0.3 is 15.2 Å². The molecule has 1 fully saturated rings. The van der Waals surface area contributed by atoms with E-state index < -0.39 is 11.4 Å². The molecule has 5 nitrogen and oxygen atoms in total. The molecule has 1 amide bonds. The Labute approximate surface area is 169 Å². The molecule has 28 heavy (non-hydrogen) atoms. The first-order valence-electron chi connectivity index (χ1n) is 9.35. The highest BCUT2D eigenvalue weighted by Crippen LogP contribution is 2.38. The van der Waals surface area contributed by atoms with Crippen LogP contribution in [0.5, 0.6) is 0 Å². The molecular weight excluding hydrogens is 374 g/mol. The Morgan fingerprint density at radius 2 is 1.89 bits per heavy atom. The van der Waals surface area contributed by atoms with Gasteiger partial charge >= 0.3 is 5.97 Å². The molecule has 1 aliphatic rings. The molecule has 0 saturated carbocycles. The second-order valence-corrected chi connectivity index (χ2v) is 8.04. The maximum Gasteiger partial charge on any atom is 0.313 e. The molecule has 0 aromatic heterocycles. The van der Waals surface area contributed by atoms with E-state index in [0.717, 1.165) is 22.4 Å². The summed E-state index contributed by atoms with van der Waals surface area (Å²) >= 11 is 1.34. The Morgan fingerprint density at radius 1 is 1.14 bits per heavy atom. The molecule has 0 spiro atoms. The van der Waals surface area contributed by atoms with Crippen molar-refractivity contribution in [1.29, 1.82) is 0 Å². The van der Waals surface area contributed by atoms with Crippen LogP contribution in [0.3, 0.4) is 0 Å². The van der Waals surface area contributed by atoms with Crippen molar-refractivity contribution in [2.45, 2.75) is 30.9 Å². The van der Waals surface area contributed by atoms with Crippen LogP contribution in [0, 0.1) is 6.92 Å². The zero-order valence-corrected chi connectivity index (χ0v) is 16.8. The van der Waals surface area contributed by atoms with Gasteiger partial charge in [0.25, 0.3) is 0 Å². The lowest BCUT2D eigenvalue weighted by Crippen LogP contribution is -2.45. The third-order valence-electron chi connectivity index (χ3n) is 5.12. The fourth-order valence-electron chi connectivity index (χ4n) is 3.69. The molecule has 0 atom stereocenters. The minimum absolute atomic E-state index is 0.0135. The highest BCUT2D eigenvalue weighted by atomic mass is 32.2. The van der Waals surface area contributed by atoms with Gasteiger partial charge in [-0.1, -0.05) is 36.4 Å². The molecule has 0 radical (unpaired) electrons. The second kappa shape index (κ2) is 9.26. The van der Waals surface area contributed by atoms with Crippen molar-refractivity contribution in [3.63, 3.8) is 0 Å². The molecule has 2 aromatic rings. The maximum absolute atomic E-state index is 13.4. The van der Waals surface area contributed by atoms with Crippen LogP contribution in [0.2, 0.25) is 0 Å². The molecule has 6 heteroatoms. The molecule has 1 heterocycles. The number of benzene rings is 2. The van der Waals surface area contributed by atoms with Crippen molar-refractivity contribution >= 4 is 29.3 Å². The summed E-state index contributed by atoms with van der Waals surface area (Å²) in [7, 11) is 0. The van der Waals surface area contributed by atoms with E-state index in [-0.39, 0.29) is 11.7 Å². The minimum Gasteiger partial charge on any atom is -0.481 e. The molecule has 2 N–H and O–H groups in total. The van der Waals surface area contributed by atoms with E-state index in [1.807, 2.05) is 55.5 Å². The number of aliphatic carboxylic acids is 1. The number of hydrogen-bond acceptors (Lipinski definition) is 4. The number of ether oxygens (including phenoxy) is 1. The fourth-order valence-corrected chi connectivity index (χ4v) is 4.39. The maximum atomic E-state index is 13.4. The third-order valence-corrected chi connectivity index (χ3v) is 6.11. The fraction of sp³-hybridized carbons (Fsp3) is 0.364. The largest absolute Gasteiger partial charge is 0.481 e. The van der Waals surface area contributed by atoms with Gasteiger partial charge in [-0.25, -0.2) is 0 Å². The number of hydrogen-bond donors (Lipinski definition) is 2. The predicted octanol–water partition coefficient (Wildman–Crippen LogP) is 4.00. The van der Waals surface area contributed by atoms with Crippen LogP contribution in [0.1, 0.15) is 29.5 Å². The summed E-state index contributed by atoms with van der Waals surface area (Å²) in [5.41, 5.74) is 3.29.